The number of rotatable bonds is 9. The summed E-state index contributed by atoms with van der Waals surface area (Å²) in [5, 5.41) is 5.70. The van der Waals surface area contributed by atoms with Crippen molar-refractivity contribution in [2.75, 3.05) is 18.1 Å². The first kappa shape index (κ1) is 24.1. The van der Waals surface area contributed by atoms with E-state index >= 15 is 0 Å². The van der Waals surface area contributed by atoms with E-state index in [0.29, 0.717) is 21.5 Å². The monoisotopic (exact) mass is 482 g/mol. The molecule has 1 unspecified atom stereocenters. The zero-order valence-electron chi connectivity index (χ0n) is 17.9. The van der Waals surface area contributed by atoms with Gasteiger partial charge in [0.15, 0.2) is 0 Å². The van der Waals surface area contributed by atoms with Crippen molar-refractivity contribution in [1.29, 1.82) is 0 Å². The van der Waals surface area contributed by atoms with Gasteiger partial charge in [-0.25, -0.2) is 10.4 Å². The van der Waals surface area contributed by atoms with Crippen LogP contribution in [0.4, 0.5) is 5.69 Å². The van der Waals surface area contributed by atoms with Gasteiger partial charge in [0.2, 0.25) is 0 Å². The van der Waals surface area contributed by atoms with Gasteiger partial charge in [-0.3, -0.25) is 15.2 Å². The Hall–Kier alpha value is -1.50. The van der Waals surface area contributed by atoms with Gasteiger partial charge in [-0.15, -0.1) is 0 Å². The molecule has 5 nitrogen and oxygen atoms in total. The molecule has 31 heavy (non-hydrogen) atoms. The number of hydrazine groups is 2. The summed E-state index contributed by atoms with van der Waals surface area (Å²) in [6, 6.07) is 12.6. The molecule has 1 heterocycles. The van der Waals surface area contributed by atoms with Gasteiger partial charge in [-0.2, -0.15) is 0 Å². The van der Waals surface area contributed by atoms with Crippen molar-refractivity contribution in [3.05, 3.63) is 63.1 Å². The molecular formula is C23H29Cl3N4O. The van der Waals surface area contributed by atoms with Crippen LogP contribution in [0.1, 0.15) is 51.1 Å². The number of benzene rings is 2. The summed E-state index contributed by atoms with van der Waals surface area (Å²) in [7, 11) is 0. The molecule has 168 valence electrons. The highest BCUT2D eigenvalue weighted by Crippen LogP contribution is 2.39. The SMILES string of the molecule is CCCCCN(CC)NC(=O)C1C[C@@H](c2ccc(Cl)cc2)N(c2ccc(Cl)cc2Cl)N1. The molecule has 0 radical (unpaired) electrons. The van der Waals surface area contributed by atoms with Crippen LogP contribution in [-0.2, 0) is 4.79 Å². The summed E-state index contributed by atoms with van der Waals surface area (Å²) < 4.78 is 0. The molecule has 2 aromatic rings. The fourth-order valence-corrected chi connectivity index (χ4v) is 4.39. The Bertz CT molecular complexity index is 878. The quantitative estimate of drug-likeness (QED) is 0.338. The molecule has 0 aromatic heterocycles. The van der Waals surface area contributed by atoms with Gasteiger partial charge in [-0.1, -0.05) is 73.6 Å². The fourth-order valence-electron chi connectivity index (χ4n) is 3.77. The van der Waals surface area contributed by atoms with Gasteiger partial charge in [0.25, 0.3) is 5.91 Å². The van der Waals surface area contributed by atoms with Crippen LogP contribution in [0.2, 0.25) is 15.1 Å². The molecule has 1 aliphatic heterocycles. The highest BCUT2D eigenvalue weighted by atomic mass is 35.5. The summed E-state index contributed by atoms with van der Waals surface area (Å²) in [5.74, 6) is -0.0510. The lowest BCUT2D eigenvalue weighted by atomic mass is 10.0. The summed E-state index contributed by atoms with van der Waals surface area (Å²) in [6.45, 7) is 5.82. The highest BCUT2D eigenvalue weighted by Gasteiger charge is 2.38. The minimum absolute atomic E-state index is 0.0510. The molecule has 0 saturated carbocycles. The van der Waals surface area contributed by atoms with E-state index in [1.807, 2.05) is 47.3 Å². The maximum absolute atomic E-state index is 13.1. The third-order valence-corrected chi connectivity index (χ3v) is 6.28. The molecule has 1 aliphatic rings. The number of anilines is 1. The van der Waals surface area contributed by atoms with Gasteiger partial charge >= 0.3 is 0 Å². The Morgan fingerprint density at radius 1 is 1.10 bits per heavy atom. The van der Waals surface area contributed by atoms with E-state index in [9.17, 15) is 4.79 Å². The molecule has 0 aliphatic carbocycles. The molecular weight excluding hydrogens is 455 g/mol. The summed E-state index contributed by atoms with van der Waals surface area (Å²) in [6.07, 6.45) is 3.95. The van der Waals surface area contributed by atoms with Crippen molar-refractivity contribution in [3.63, 3.8) is 0 Å². The Morgan fingerprint density at radius 2 is 1.81 bits per heavy atom. The van der Waals surface area contributed by atoms with E-state index in [1.165, 1.54) is 0 Å². The standard InChI is InChI=1S/C23H29Cl3N4O/c1-3-5-6-13-29(4-2)28-23(31)20-15-22(16-7-9-17(24)10-8-16)30(27-20)21-12-11-18(25)14-19(21)26/h7-12,14,20,22,27H,3-6,13,15H2,1-2H3,(H,28,31)/t20?,22-/m0/s1. The predicted molar refractivity (Wildman–Crippen MR) is 130 cm³/mol. The number of hydrogen-bond donors (Lipinski definition) is 2. The molecule has 0 spiro atoms. The van der Waals surface area contributed by atoms with Gasteiger partial charge in [0.05, 0.1) is 16.8 Å². The van der Waals surface area contributed by atoms with E-state index in [0.717, 1.165) is 43.6 Å². The van der Waals surface area contributed by atoms with Crippen LogP contribution >= 0.6 is 34.8 Å². The zero-order chi connectivity index (χ0) is 22.4. The second-order valence-corrected chi connectivity index (χ2v) is 8.99. The number of carbonyl (C=O) groups is 1. The molecule has 1 saturated heterocycles. The molecule has 2 atom stereocenters. The van der Waals surface area contributed by atoms with Gasteiger partial charge in [0.1, 0.15) is 6.04 Å². The third-order valence-electron chi connectivity index (χ3n) is 5.49. The van der Waals surface area contributed by atoms with E-state index in [4.69, 9.17) is 34.8 Å². The van der Waals surface area contributed by atoms with Crippen molar-refractivity contribution >= 4 is 46.4 Å². The van der Waals surface area contributed by atoms with E-state index in [1.54, 1.807) is 12.1 Å². The number of nitrogens with zero attached hydrogens (tertiary/aromatic N) is 2. The molecule has 0 bridgehead atoms. The van der Waals surface area contributed by atoms with Crippen LogP contribution in [-0.4, -0.2) is 30.0 Å². The minimum atomic E-state index is -0.396. The predicted octanol–water partition coefficient (Wildman–Crippen LogP) is 6.01. The zero-order valence-corrected chi connectivity index (χ0v) is 20.1. The number of amides is 1. The fraction of sp³-hybridized carbons (Fsp3) is 0.435. The van der Waals surface area contributed by atoms with Crippen molar-refractivity contribution in [3.8, 4) is 0 Å². The van der Waals surface area contributed by atoms with Crippen LogP contribution in [0.5, 0.6) is 0 Å². The number of hydrogen-bond acceptors (Lipinski definition) is 4. The van der Waals surface area contributed by atoms with E-state index < -0.39 is 6.04 Å². The first-order valence-electron chi connectivity index (χ1n) is 10.7. The Balaban J connectivity index is 1.80. The van der Waals surface area contributed by atoms with Crippen LogP contribution in [0.3, 0.4) is 0 Å². The lowest BCUT2D eigenvalue weighted by Gasteiger charge is -2.28. The first-order valence-corrected chi connectivity index (χ1v) is 11.9. The maximum atomic E-state index is 13.1. The maximum Gasteiger partial charge on any atom is 0.253 e. The molecule has 2 N–H and O–H groups in total. The Morgan fingerprint density at radius 3 is 2.45 bits per heavy atom. The second kappa shape index (κ2) is 11.4. The Kier molecular flexibility index (Phi) is 8.87. The Labute approximate surface area is 199 Å². The summed E-state index contributed by atoms with van der Waals surface area (Å²) >= 11 is 18.7. The van der Waals surface area contributed by atoms with Crippen LogP contribution in [0.15, 0.2) is 42.5 Å². The molecule has 1 amide bonds. The van der Waals surface area contributed by atoms with E-state index in [2.05, 4.69) is 17.8 Å². The van der Waals surface area contributed by atoms with Crippen molar-refractivity contribution in [1.82, 2.24) is 15.9 Å². The summed E-state index contributed by atoms with van der Waals surface area (Å²) in [4.78, 5) is 13.1. The number of unbranched alkanes of at least 4 members (excludes halogenated alkanes) is 2. The molecule has 2 aromatic carbocycles. The lowest BCUT2D eigenvalue weighted by molar-refractivity contribution is -0.127. The smallest absolute Gasteiger partial charge is 0.253 e. The van der Waals surface area contributed by atoms with Gasteiger partial charge in [-0.05, 0) is 48.7 Å². The van der Waals surface area contributed by atoms with Crippen LogP contribution < -0.4 is 15.9 Å². The van der Waals surface area contributed by atoms with Crippen molar-refractivity contribution in [2.24, 2.45) is 0 Å². The number of nitrogens with one attached hydrogen (secondary N) is 2. The number of halogens is 3. The average Bonchev–Trinajstić information content (AvgIpc) is 3.19. The minimum Gasteiger partial charge on any atom is -0.299 e. The van der Waals surface area contributed by atoms with Crippen LogP contribution in [0, 0.1) is 0 Å². The second-order valence-electron chi connectivity index (χ2n) is 7.71. The lowest BCUT2D eigenvalue weighted by Crippen LogP contribution is -2.51. The van der Waals surface area contributed by atoms with E-state index in [-0.39, 0.29) is 11.9 Å². The largest absolute Gasteiger partial charge is 0.299 e. The third kappa shape index (κ3) is 6.27. The van der Waals surface area contributed by atoms with Gasteiger partial charge < -0.3 is 0 Å². The molecule has 3 rings (SSSR count). The average molecular weight is 484 g/mol. The normalized spacial score (nSPS) is 18.6. The van der Waals surface area contributed by atoms with Crippen molar-refractivity contribution < 1.29 is 4.79 Å². The summed E-state index contributed by atoms with van der Waals surface area (Å²) in [5.41, 5.74) is 8.26. The van der Waals surface area contributed by atoms with Crippen LogP contribution in [0.25, 0.3) is 0 Å². The van der Waals surface area contributed by atoms with Gasteiger partial charge in [0, 0.05) is 23.1 Å². The highest BCUT2D eigenvalue weighted by molar-refractivity contribution is 6.36. The first-order chi connectivity index (χ1) is 14.9. The van der Waals surface area contributed by atoms with Crippen molar-refractivity contribution in [2.45, 2.75) is 51.6 Å². The number of carbonyl (C=O) groups excluding carboxylic acids is 1. The molecule has 1 fully saturated rings. The topological polar surface area (TPSA) is 47.6 Å². The molecule has 8 heteroatoms.